The second-order valence-corrected chi connectivity index (χ2v) is 6.02. The van der Waals surface area contributed by atoms with E-state index >= 15 is 0 Å². The first kappa shape index (κ1) is 18.4. The molecule has 1 aromatic rings. The molecule has 2 unspecified atom stereocenters. The molecule has 0 aliphatic rings. The SMILES string of the molecule is COC(CC(C)(CN)N(C)C(C)c1ccccc1Cl)OC. The van der Waals surface area contributed by atoms with Gasteiger partial charge in [0.15, 0.2) is 6.29 Å². The van der Waals surface area contributed by atoms with Gasteiger partial charge in [0.05, 0.1) is 0 Å². The molecule has 2 atom stereocenters. The van der Waals surface area contributed by atoms with Gasteiger partial charge in [0, 0.05) is 43.8 Å². The van der Waals surface area contributed by atoms with Gasteiger partial charge in [-0.1, -0.05) is 29.8 Å². The number of benzene rings is 1. The molecular weight excluding hydrogens is 288 g/mol. The van der Waals surface area contributed by atoms with E-state index in [-0.39, 0.29) is 17.9 Å². The van der Waals surface area contributed by atoms with Gasteiger partial charge in [0.1, 0.15) is 0 Å². The minimum Gasteiger partial charge on any atom is -0.356 e. The Hall–Kier alpha value is -0.650. The van der Waals surface area contributed by atoms with Crippen LogP contribution in [-0.2, 0) is 9.47 Å². The number of likely N-dealkylation sites (N-methyl/N-ethyl adjacent to an activating group) is 1. The molecule has 5 heteroatoms. The molecule has 0 saturated heterocycles. The van der Waals surface area contributed by atoms with E-state index < -0.39 is 0 Å². The molecule has 21 heavy (non-hydrogen) atoms. The Balaban J connectivity index is 2.96. The lowest BCUT2D eigenvalue weighted by Gasteiger charge is -2.43. The van der Waals surface area contributed by atoms with Crippen LogP contribution in [0.1, 0.15) is 31.9 Å². The molecule has 2 N–H and O–H groups in total. The summed E-state index contributed by atoms with van der Waals surface area (Å²) in [6.07, 6.45) is 0.404. The molecule has 0 fully saturated rings. The minimum atomic E-state index is -0.278. The van der Waals surface area contributed by atoms with Crippen LogP contribution in [0.25, 0.3) is 0 Å². The van der Waals surface area contributed by atoms with Crippen LogP contribution in [-0.4, -0.2) is 44.5 Å². The maximum absolute atomic E-state index is 6.31. The summed E-state index contributed by atoms with van der Waals surface area (Å²) in [6, 6.07) is 8.03. The summed E-state index contributed by atoms with van der Waals surface area (Å²) < 4.78 is 10.7. The average molecular weight is 315 g/mol. The maximum Gasteiger partial charge on any atom is 0.158 e. The Morgan fingerprint density at radius 1 is 1.29 bits per heavy atom. The van der Waals surface area contributed by atoms with Crippen molar-refractivity contribution in [3.8, 4) is 0 Å². The molecule has 120 valence electrons. The molecule has 0 aromatic heterocycles. The van der Waals surface area contributed by atoms with Crippen LogP contribution in [0.2, 0.25) is 5.02 Å². The topological polar surface area (TPSA) is 47.7 Å². The van der Waals surface area contributed by atoms with Crippen molar-refractivity contribution in [3.05, 3.63) is 34.9 Å². The lowest BCUT2D eigenvalue weighted by Crippen LogP contribution is -2.52. The van der Waals surface area contributed by atoms with E-state index in [1.165, 1.54) is 0 Å². The van der Waals surface area contributed by atoms with Gasteiger partial charge in [-0.25, -0.2) is 0 Å². The van der Waals surface area contributed by atoms with Crippen molar-refractivity contribution >= 4 is 11.6 Å². The van der Waals surface area contributed by atoms with Crippen molar-refractivity contribution in [2.24, 2.45) is 5.73 Å². The predicted octanol–water partition coefficient (Wildman–Crippen LogP) is 3.06. The molecule has 4 nitrogen and oxygen atoms in total. The van der Waals surface area contributed by atoms with E-state index in [9.17, 15) is 0 Å². The second kappa shape index (κ2) is 8.11. The number of hydrogen-bond donors (Lipinski definition) is 1. The van der Waals surface area contributed by atoms with E-state index in [0.29, 0.717) is 13.0 Å². The van der Waals surface area contributed by atoms with Crippen LogP contribution in [0.5, 0.6) is 0 Å². The lowest BCUT2D eigenvalue weighted by atomic mass is 9.92. The lowest BCUT2D eigenvalue weighted by molar-refractivity contribution is -0.129. The molecule has 0 aliphatic heterocycles. The molecule has 0 aliphatic carbocycles. The van der Waals surface area contributed by atoms with Crippen molar-refractivity contribution in [1.82, 2.24) is 4.90 Å². The normalized spacial score (nSPS) is 16.2. The smallest absolute Gasteiger partial charge is 0.158 e. The molecular formula is C16H27ClN2O2. The Morgan fingerprint density at radius 3 is 2.33 bits per heavy atom. The molecule has 1 aromatic carbocycles. The predicted molar refractivity (Wildman–Crippen MR) is 87.5 cm³/mol. The molecule has 0 saturated carbocycles. The van der Waals surface area contributed by atoms with Crippen molar-refractivity contribution in [2.45, 2.75) is 38.1 Å². The zero-order valence-electron chi connectivity index (χ0n) is 13.6. The number of methoxy groups -OCH3 is 2. The van der Waals surface area contributed by atoms with E-state index in [4.69, 9.17) is 26.8 Å². The summed E-state index contributed by atoms with van der Waals surface area (Å²) in [5, 5.41) is 0.770. The van der Waals surface area contributed by atoms with Crippen molar-refractivity contribution in [3.63, 3.8) is 0 Å². The van der Waals surface area contributed by atoms with E-state index in [0.717, 1.165) is 10.6 Å². The van der Waals surface area contributed by atoms with Crippen LogP contribution in [0.15, 0.2) is 24.3 Å². The first-order chi connectivity index (χ1) is 9.89. The highest BCUT2D eigenvalue weighted by Crippen LogP contribution is 2.32. The van der Waals surface area contributed by atoms with Gasteiger partial charge in [0.25, 0.3) is 0 Å². The standard InChI is InChI=1S/C16H27ClN2O2/c1-12(13-8-6-7-9-14(13)17)19(3)16(2,11-18)10-15(20-4)21-5/h6-9,12,15H,10-11,18H2,1-5H3. The first-order valence-corrected chi connectivity index (χ1v) is 7.50. The first-order valence-electron chi connectivity index (χ1n) is 7.12. The van der Waals surface area contributed by atoms with Gasteiger partial charge < -0.3 is 15.2 Å². The Kier molecular flexibility index (Phi) is 7.10. The largest absolute Gasteiger partial charge is 0.356 e. The van der Waals surface area contributed by atoms with Gasteiger partial charge in [0.2, 0.25) is 0 Å². The highest BCUT2D eigenvalue weighted by Gasteiger charge is 2.34. The summed E-state index contributed by atoms with van der Waals surface area (Å²) in [6.45, 7) is 4.75. The van der Waals surface area contributed by atoms with Crippen molar-refractivity contribution in [2.75, 3.05) is 27.8 Å². The summed E-state index contributed by atoms with van der Waals surface area (Å²) in [5.74, 6) is 0. The monoisotopic (exact) mass is 314 g/mol. The maximum atomic E-state index is 6.31. The number of halogens is 1. The quantitative estimate of drug-likeness (QED) is 0.749. The van der Waals surface area contributed by atoms with Crippen molar-refractivity contribution in [1.29, 1.82) is 0 Å². The number of hydrogen-bond acceptors (Lipinski definition) is 4. The van der Waals surface area contributed by atoms with Crippen LogP contribution < -0.4 is 5.73 Å². The number of nitrogens with two attached hydrogens (primary N) is 1. The van der Waals surface area contributed by atoms with E-state index in [1.54, 1.807) is 14.2 Å². The number of ether oxygens (including phenoxy) is 2. The third-order valence-electron chi connectivity index (χ3n) is 4.36. The Labute approximate surface area is 133 Å². The van der Waals surface area contributed by atoms with E-state index in [2.05, 4.69) is 25.8 Å². The van der Waals surface area contributed by atoms with Gasteiger partial charge in [-0.05, 0) is 32.5 Å². The highest BCUT2D eigenvalue weighted by molar-refractivity contribution is 6.31. The zero-order chi connectivity index (χ0) is 16.0. The zero-order valence-corrected chi connectivity index (χ0v) is 14.4. The molecule has 1 rings (SSSR count). The van der Waals surface area contributed by atoms with Gasteiger partial charge in [-0.15, -0.1) is 0 Å². The summed E-state index contributed by atoms with van der Waals surface area (Å²) in [5.41, 5.74) is 6.87. The van der Waals surface area contributed by atoms with Gasteiger partial charge in [-0.2, -0.15) is 0 Å². The Bertz CT molecular complexity index is 440. The number of nitrogens with zero attached hydrogens (tertiary/aromatic N) is 1. The van der Waals surface area contributed by atoms with Crippen LogP contribution >= 0.6 is 11.6 Å². The number of rotatable bonds is 8. The summed E-state index contributed by atoms with van der Waals surface area (Å²) in [7, 11) is 5.34. The third kappa shape index (κ3) is 4.41. The summed E-state index contributed by atoms with van der Waals surface area (Å²) >= 11 is 6.31. The molecule has 0 spiro atoms. The minimum absolute atomic E-state index is 0.140. The fourth-order valence-corrected chi connectivity index (χ4v) is 2.78. The molecule has 0 radical (unpaired) electrons. The molecule has 0 amide bonds. The van der Waals surface area contributed by atoms with Crippen molar-refractivity contribution < 1.29 is 9.47 Å². The van der Waals surface area contributed by atoms with Crippen LogP contribution in [0.4, 0.5) is 0 Å². The Morgan fingerprint density at radius 2 is 1.86 bits per heavy atom. The van der Waals surface area contributed by atoms with Gasteiger partial charge in [-0.3, -0.25) is 4.90 Å². The fourth-order valence-electron chi connectivity index (χ4n) is 2.48. The van der Waals surface area contributed by atoms with Crippen LogP contribution in [0, 0.1) is 0 Å². The van der Waals surface area contributed by atoms with E-state index in [1.807, 2.05) is 24.3 Å². The average Bonchev–Trinajstić information content (AvgIpc) is 2.51. The molecule has 0 heterocycles. The highest BCUT2D eigenvalue weighted by atomic mass is 35.5. The van der Waals surface area contributed by atoms with Gasteiger partial charge >= 0.3 is 0 Å². The molecule has 0 bridgehead atoms. The fraction of sp³-hybridized carbons (Fsp3) is 0.625. The van der Waals surface area contributed by atoms with Crippen LogP contribution in [0.3, 0.4) is 0 Å². The summed E-state index contributed by atoms with van der Waals surface area (Å²) in [4.78, 5) is 2.24. The second-order valence-electron chi connectivity index (χ2n) is 5.61. The third-order valence-corrected chi connectivity index (χ3v) is 4.70.